The van der Waals surface area contributed by atoms with Crippen LogP contribution in [0.5, 0.6) is 0 Å². The van der Waals surface area contributed by atoms with Crippen molar-refractivity contribution in [1.29, 1.82) is 5.26 Å². The van der Waals surface area contributed by atoms with Crippen LogP contribution in [-0.4, -0.2) is 47.3 Å². The van der Waals surface area contributed by atoms with Crippen LogP contribution >= 0.6 is 0 Å². The summed E-state index contributed by atoms with van der Waals surface area (Å²) in [5.41, 5.74) is 1.61. The van der Waals surface area contributed by atoms with E-state index in [0.29, 0.717) is 31.1 Å². The van der Waals surface area contributed by atoms with Gasteiger partial charge in [-0.1, -0.05) is 30.3 Å². The maximum atomic E-state index is 9.22. The molecule has 0 atom stereocenters. The van der Waals surface area contributed by atoms with Gasteiger partial charge in [0.15, 0.2) is 5.82 Å². The van der Waals surface area contributed by atoms with Gasteiger partial charge in [0.05, 0.1) is 32.3 Å². The van der Waals surface area contributed by atoms with E-state index in [2.05, 4.69) is 21.1 Å². The molecular formula is C16H17N5O. The first-order valence-electron chi connectivity index (χ1n) is 7.22. The first-order valence-corrected chi connectivity index (χ1v) is 7.22. The monoisotopic (exact) mass is 295 g/mol. The van der Waals surface area contributed by atoms with Gasteiger partial charge in [-0.2, -0.15) is 10.4 Å². The Hall–Kier alpha value is -2.65. The molecule has 0 spiro atoms. The van der Waals surface area contributed by atoms with Gasteiger partial charge in [-0.3, -0.25) is 0 Å². The highest BCUT2D eigenvalue weighted by molar-refractivity contribution is 5.63. The van der Waals surface area contributed by atoms with Crippen molar-refractivity contribution in [3.8, 4) is 6.07 Å². The van der Waals surface area contributed by atoms with Gasteiger partial charge in [0.25, 0.3) is 0 Å². The van der Waals surface area contributed by atoms with Crippen molar-refractivity contribution in [1.82, 2.24) is 14.7 Å². The number of aliphatic imine (C=N–C) groups is 1. The molecule has 0 amide bonds. The zero-order chi connectivity index (χ0) is 15.2. The van der Waals surface area contributed by atoms with Crippen molar-refractivity contribution in [2.24, 2.45) is 4.99 Å². The molecule has 2 aromatic rings. The maximum Gasteiger partial charge on any atom is 0.170 e. The fourth-order valence-electron chi connectivity index (χ4n) is 2.30. The third-order valence-corrected chi connectivity index (χ3v) is 3.50. The molecule has 112 valence electrons. The predicted molar refractivity (Wildman–Crippen MR) is 83.0 cm³/mol. The molecule has 1 saturated heterocycles. The third kappa shape index (κ3) is 3.32. The van der Waals surface area contributed by atoms with E-state index < -0.39 is 0 Å². The standard InChI is InChI=1S/C16H17N5O/c17-10-15-11-19-21(12-14-4-2-1-3-5-14)16(15)18-13-20-6-8-22-9-7-20/h1-5,11,13H,6-9,12H2. The van der Waals surface area contributed by atoms with Crippen LogP contribution in [0.25, 0.3) is 0 Å². The number of aromatic nitrogens is 2. The lowest BCUT2D eigenvalue weighted by Gasteiger charge is -2.24. The highest BCUT2D eigenvalue weighted by atomic mass is 16.5. The quantitative estimate of drug-likeness (QED) is 0.637. The van der Waals surface area contributed by atoms with Crippen LogP contribution in [0.4, 0.5) is 5.82 Å². The summed E-state index contributed by atoms with van der Waals surface area (Å²) in [7, 11) is 0. The Labute approximate surface area is 129 Å². The van der Waals surface area contributed by atoms with Crippen LogP contribution in [-0.2, 0) is 11.3 Å². The number of rotatable bonds is 4. The Kier molecular flexibility index (Phi) is 4.47. The smallest absolute Gasteiger partial charge is 0.170 e. The first-order chi connectivity index (χ1) is 10.9. The van der Waals surface area contributed by atoms with Crippen molar-refractivity contribution in [3.05, 3.63) is 47.7 Å². The van der Waals surface area contributed by atoms with Crippen LogP contribution in [0.1, 0.15) is 11.1 Å². The fraction of sp³-hybridized carbons (Fsp3) is 0.312. The fourth-order valence-corrected chi connectivity index (χ4v) is 2.30. The molecule has 1 aliphatic heterocycles. The summed E-state index contributed by atoms with van der Waals surface area (Å²) in [6.45, 7) is 3.65. The summed E-state index contributed by atoms with van der Waals surface area (Å²) in [6, 6.07) is 12.2. The second-order valence-corrected chi connectivity index (χ2v) is 5.03. The summed E-state index contributed by atoms with van der Waals surface area (Å²) in [5.74, 6) is 0.595. The minimum Gasteiger partial charge on any atom is -0.378 e. The minimum atomic E-state index is 0.487. The van der Waals surface area contributed by atoms with Crippen LogP contribution < -0.4 is 0 Å². The summed E-state index contributed by atoms with van der Waals surface area (Å²) in [6.07, 6.45) is 3.34. The normalized spacial score (nSPS) is 15.1. The van der Waals surface area contributed by atoms with Crippen molar-refractivity contribution in [2.75, 3.05) is 26.3 Å². The predicted octanol–water partition coefficient (Wildman–Crippen LogP) is 1.80. The Balaban J connectivity index is 1.81. The number of nitrogens with zero attached hydrogens (tertiary/aromatic N) is 5. The SMILES string of the molecule is N#Cc1cnn(Cc2ccccc2)c1N=CN1CCOCC1. The van der Waals surface area contributed by atoms with E-state index in [4.69, 9.17) is 4.74 Å². The molecule has 1 aromatic heterocycles. The summed E-state index contributed by atoms with van der Waals surface area (Å²) < 4.78 is 7.07. The second kappa shape index (κ2) is 6.87. The molecule has 6 heteroatoms. The molecule has 0 unspecified atom stereocenters. The van der Waals surface area contributed by atoms with E-state index in [1.54, 1.807) is 17.2 Å². The van der Waals surface area contributed by atoms with Gasteiger partial charge in [0.2, 0.25) is 0 Å². The lowest BCUT2D eigenvalue weighted by atomic mass is 10.2. The molecule has 2 heterocycles. The Bertz CT molecular complexity index is 680. The molecule has 0 aliphatic carbocycles. The lowest BCUT2D eigenvalue weighted by Crippen LogP contribution is -2.35. The number of benzene rings is 1. The molecule has 3 rings (SSSR count). The van der Waals surface area contributed by atoms with Crippen LogP contribution in [0.15, 0.2) is 41.5 Å². The van der Waals surface area contributed by atoms with Crippen molar-refractivity contribution >= 4 is 12.2 Å². The Morgan fingerprint density at radius 1 is 1.27 bits per heavy atom. The molecule has 1 aliphatic rings. The highest BCUT2D eigenvalue weighted by Gasteiger charge is 2.11. The summed E-state index contributed by atoms with van der Waals surface area (Å²) >= 11 is 0. The summed E-state index contributed by atoms with van der Waals surface area (Å²) in [5, 5.41) is 13.5. The number of morpholine rings is 1. The Morgan fingerprint density at radius 3 is 2.77 bits per heavy atom. The average molecular weight is 295 g/mol. The number of hydrogen-bond acceptors (Lipinski definition) is 4. The zero-order valence-electron chi connectivity index (χ0n) is 12.2. The molecule has 6 nitrogen and oxygen atoms in total. The minimum absolute atomic E-state index is 0.487. The van der Waals surface area contributed by atoms with E-state index in [-0.39, 0.29) is 0 Å². The van der Waals surface area contributed by atoms with Gasteiger partial charge in [0.1, 0.15) is 11.6 Å². The van der Waals surface area contributed by atoms with E-state index in [9.17, 15) is 5.26 Å². The maximum absolute atomic E-state index is 9.22. The topological polar surface area (TPSA) is 66.4 Å². The number of nitriles is 1. The first kappa shape index (κ1) is 14.3. The molecule has 0 radical (unpaired) electrons. The lowest BCUT2D eigenvalue weighted by molar-refractivity contribution is 0.0701. The van der Waals surface area contributed by atoms with Crippen LogP contribution in [0, 0.1) is 11.3 Å². The largest absolute Gasteiger partial charge is 0.378 e. The molecule has 0 saturated carbocycles. The van der Waals surface area contributed by atoms with E-state index >= 15 is 0 Å². The van der Waals surface area contributed by atoms with Gasteiger partial charge in [-0.15, -0.1) is 0 Å². The average Bonchev–Trinajstić information content (AvgIpc) is 2.96. The van der Waals surface area contributed by atoms with Crippen LogP contribution in [0.2, 0.25) is 0 Å². The highest BCUT2D eigenvalue weighted by Crippen LogP contribution is 2.19. The van der Waals surface area contributed by atoms with Gasteiger partial charge in [-0.25, -0.2) is 9.67 Å². The molecule has 0 N–H and O–H groups in total. The second-order valence-electron chi connectivity index (χ2n) is 5.03. The van der Waals surface area contributed by atoms with Crippen molar-refractivity contribution in [2.45, 2.75) is 6.54 Å². The van der Waals surface area contributed by atoms with Crippen molar-refractivity contribution in [3.63, 3.8) is 0 Å². The van der Waals surface area contributed by atoms with E-state index in [0.717, 1.165) is 18.7 Å². The van der Waals surface area contributed by atoms with E-state index in [1.165, 1.54) is 0 Å². The molecule has 0 bridgehead atoms. The zero-order valence-corrected chi connectivity index (χ0v) is 12.2. The summed E-state index contributed by atoms with van der Waals surface area (Å²) in [4.78, 5) is 6.57. The molecule has 22 heavy (non-hydrogen) atoms. The third-order valence-electron chi connectivity index (χ3n) is 3.50. The van der Waals surface area contributed by atoms with E-state index in [1.807, 2.05) is 30.3 Å². The molecule has 1 aromatic carbocycles. The Morgan fingerprint density at radius 2 is 2.05 bits per heavy atom. The van der Waals surface area contributed by atoms with Gasteiger partial charge in [-0.05, 0) is 5.56 Å². The van der Waals surface area contributed by atoms with Crippen LogP contribution in [0.3, 0.4) is 0 Å². The number of hydrogen-bond donors (Lipinski definition) is 0. The molecule has 1 fully saturated rings. The van der Waals surface area contributed by atoms with Gasteiger partial charge >= 0.3 is 0 Å². The van der Waals surface area contributed by atoms with Gasteiger partial charge in [0, 0.05) is 13.1 Å². The number of ether oxygens (including phenoxy) is 1. The molecular weight excluding hydrogens is 278 g/mol. The van der Waals surface area contributed by atoms with Gasteiger partial charge < -0.3 is 9.64 Å². The van der Waals surface area contributed by atoms with Crippen molar-refractivity contribution < 1.29 is 4.74 Å².